The molecule has 1 aromatic carbocycles. The molecule has 0 spiro atoms. The van der Waals surface area contributed by atoms with Crippen LogP contribution in [-0.2, 0) is 4.74 Å². The first-order chi connectivity index (χ1) is 7.61. The maximum atomic E-state index is 13.3. The fraction of sp³-hybridized carbons (Fsp3) is 0.455. The molecule has 1 heterocycles. The molecule has 2 atom stereocenters. The van der Waals surface area contributed by atoms with Crippen LogP contribution in [0.1, 0.15) is 18.0 Å². The van der Waals surface area contributed by atoms with E-state index in [-0.39, 0.29) is 16.4 Å². The summed E-state index contributed by atoms with van der Waals surface area (Å²) >= 11 is 3.04. The van der Waals surface area contributed by atoms with E-state index in [9.17, 15) is 8.78 Å². The van der Waals surface area contributed by atoms with Gasteiger partial charge in [0.1, 0.15) is 0 Å². The molecule has 0 radical (unpaired) electrons. The quantitative estimate of drug-likeness (QED) is 0.851. The van der Waals surface area contributed by atoms with Gasteiger partial charge in [-0.2, -0.15) is 0 Å². The van der Waals surface area contributed by atoms with Crippen LogP contribution in [0.25, 0.3) is 0 Å². The van der Waals surface area contributed by atoms with Crippen LogP contribution in [0, 0.1) is 17.6 Å². The van der Waals surface area contributed by atoms with E-state index in [1.165, 1.54) is 6.07 Å². The Labute approximate surface area is 101 Å². The third-order valence-electron chi connectivity index (χ3n) is 2.90. The van der Waals surface area contributed by atoms with E-state index in [0.29, 0.717) is 18.8 Å². The highest BCUT2D eigenvalue weighted by Gasteiger charge is 2.26. The van der Waals surface area contributed by atoms with E-state index in [1.54, 1.807) is 0 Å². The molecule has 1 aliphatic rings. The van der Waals surface area contributed by atoms with Crippen molar-refractivity contribution < 1.29 is 13.5 Å². The van der Waals surface area contributed by atoms with Crippen LogP contribution in [0.15, 0.2) is 16.6 Å². The van der Waals surface area contributed by atoms with Crippen molar-refractivity contribution in [2.75, 3.05) is 13.2 Å². The SMILES string of the molecule is NC(c1ccc(F)c(F)c1Br)C1CCOC1. The van der Waals surface area contributed by atoms with Gasteiger partial charge in [0.15, 0.2) is 11.6 Å². The zero-order valence-corrected chi connectivity index (χ0v) is 10.1. The molecule has 1 aliphatic heterocycles. The van der Waals surface area contributed by atoms with Crippen LogP contribution in [0.2, 0.25) is 0 Å². The summed E-state index contributed by atoms with van der Waals surface area (Å²) in [4.78, 5) is 0. The molecule has 2 rings (SSSR count). The van der Waals surface area contributed by atoms with Crippen molar-refractivity contribution in [3.8, 4) is 0 Å². The van der Waals surface area contributed by atoms with Crippen LogP contribution in [0.3, 0.4) is 0 Å². The van der Waals surface area contributed by atoms with Crippen molar-refractivity contribution in [1.29, 1.82) is 0 Å². The predicted molar refractivity (Wildman–Crippen MR) is 59.9 cm³/mol. The summed E-state index contributed by atoms with van der Waals surface area (Å²) in [5.41, 5.74) is 6.61. The summed E-state index contributed by atoms with van der Waals surface area (Å²) in [5, 5.41) is 0. The van der Waals surface area contributed by atoms with E-state index in [4.69, 9.17) is 10.5 Å². The van der Waals surface area contributed by atoms with Gasteiger partial charge in [-0.25, -0.2) is 8.78 Å². The number of hydrogen-bond donors (Lipinski definition) is 1. The molecule has 16 heavy (non-hydrogen) atoms. The van der Waals surface area contributed by atoms with Gasteiger partial charge >= 0.3 is 0 Å². The van der Waals surface area contributed by atoms with Crippen molar-refractivity contribution in [2.24, 2.45) is 11.7 Å². The highest BCUT2D eigenvalue weighted by atomic mass is 79.9. The third kappa shape index (κ3) is 2.12. The van der Waals surface area contributed by atoms with Crippen molar-refractivity contribution >= 4 is 15.9 Å². The number of hydrogen-bond acceptors (Lipinski definition) is 2. The Kier molecular flexibility index (Phi) is 3.56. The monoisotopic (exact) mass is 291 g/mol. The van der Waals surface area contributed by atoms with Gasteiger partial charge in [0.05, 0.1) is 11.1 Å². The van der Waals surface area contributed by atoms with Crippen LogP contribution in [0.4, 0.5) is 8.78 Å². The normalized spacial score (nSPS) is 22.4. The van der Waals surface area contributed by atoms with Gasteiger partial charge in [-0.3, -0.25) is 0 Å². The molecular weight excluding hydrogens is 280 g/mol. The van der Waals surface area contributed by atoms with E-state index in [1.807, 2.05) is 0 Å². The van der Waals surface area contributed by atoms with E-state index in [0.717, 1.165) is 12.5 Å². The summed E-state index contributed by atoms with van der Waals surface area (Å²) < 4.78 is 31.6. The van der Waals surface area contributed by atoms with Gasteiger partial charge in [0.25, 0.3) is 0 Å². The average molecular weight is 292 g/mol. The molecule has 0 saturated carbocycles. The zero-order valence-electron chi connectivity index (χ0n) is 8.55. The minimum atomic E-state index is -0.883. The molecule has 2 unspecified atom stereocenters. The maximum absolute atomic E-state index is 13.3. The van der Waals surface area contributed by atoms with Crippen LogP contribution in [-0.4, -0.2) is 13.2 Å². The third-order valence-corrected chi connectivity index (χ3v) is 3.70. The molecule has 1 fully saturated rings. The number of ether oxygens (including phenoxy) is 1. The minimum absolute atomic E-state index is 0.117. The molecule has 5 heteroatoms. The Hall–Kier alpha value is -0.520. The standard InChI is InChI=1S/C11H12BrF2NO/c12-9-7(1-2-8(13)10(9)14)11(15)6-3-4-16-5-6/h1-2,6,11H,3-5,15H2. The van der Waals surface area contributed by atoms with Crippen LogP contribution < -0.4 is 5.73 Å². The second kappa shape index (κ2) is 4.77. The van der Waals surface area contributed by atoms with Gasteiger partial charge < -0.3 is 10.5 Å². The van der Waals surface area contributed by atoms with Crippen LogP contribution in [0.5, 0.6) is 0 Å². The highest BCUT2D eigenvalue weighted by molar-refractivity contribution is 9.10. The summed E-state index contributed by atoms with van der Waals surface area (Å²) in [7, 11) is 0. The molecule has 1 aromatic rings. The second-order valence-electron chi connectivity index (χ2n) is 3.91. The molecule has 2 nitrogen and oxygen atoms in total. The average Bonchev–Trinajstić information content (AvgIpc) is 2.79. The minimum Gasteiger partial charge on any atom is -0.381 e. The zero-order chi connectivity index (χ0) is 11.7. The predicted octanol–water partition coefficient (Wildman–Crippen LogP) is 2.76. The second-order valence-corrected chi connectivity index (χ2v) is 4.71. The Morgan fingerprint density at radius 1 is 1.44 bits per heavy atom. The maximum Gasteiger partial charge on any atom is 0.173 e. The van der Waals surface area contributed by atoms with E-state index in [2.05, 4.69) is 15.9 Å². The Bertz CT molecular complexity index is 394. The molecular formula is C11H12BrF2NO. The van der Waals surface area contributed by atoms with Gasteiger partial charge in [0, 0.05) is 18.6 Å². The lowest BCUT2D eigenvalue weighted by molar-refractivity contribution is 0.181. The fourth-order valence-corrected chi connectivity index (χ4v) is 2.47. The largest absolute Gasteiger partial charge is 0.381 e. The van der Waals surface area contributed by atoms with Gasteiger partial charge in [-0.05, 0) is 34.0 Å². The van der Waals surface area contributed by atoms with Crippen molar-refractivity contribution in [3.05, 3.63) is 33.8 Å². The summed E-state index contributed by atoms with van der Waals surface area (Å²) in [6.07, 6.45) is 0.854. The number of nitrogens with two attached hydrogens (primary N) is 1. The van der Waals surface area contributed by atoms with Gasteiger partial charge in [-0.15, -0.1) is 0 Å². The molecule has 0 bridgehead atoms. The molecule has 1 saturated heterocycles. The number of halogens is 3. The Balaban J connectivity index is 2.29. The first-order valence-corrected chi connectivity index (χ1v) is 5.87. The summed E-state index contributed by atoms with van der Waals surface area (Å²) in [6.45, 7) is 1.26. The number of benzene rings is 1. The summed E-state index contributed by atoms with van der Waals surface area (Å²) in [6, 6.07) is 2.29. The van der Waals surface area contributed by atoms with Crippen LogP contribution >= 0.6 is 15.9 Å². The topological polar surface area (TPSA) is 35.2 Å². The highest BCUT2D eigenvalue weighted by Crippen LogP contribution is 2.33. The first-order valence-electron chi connectivity index (χ1n) is 5.08. The lowest BCUT2D eigenvalue weighted by Gasteiger charge is -2.19. The van der Waals surface area contributed by atoms with Gasteiger partial charge in [0.2, 0.25) is 0 Å². The molecule has 2 N–H and O–H groups in total. The number of rotatable bonds is 2. The lowest BCUT2D eigenvalue weighted by atomic mass is 9.93. The lowest BCUT2D eigenvalue weighted by Crippen LogP contribution is -2.22. The Morgan fingerprint density at radius 2 is 2.19 bits per heavy atom. The fourth-order valence-electron chi connectivity index (χ4n) is 1.89. The molecule has 0 amide bonds. The van der Waals surface area contributed by atoms with E-state index < -0.39 is 11.6 Å². The molecule has 88 valence electrons. The van der Waals surface area contributed by atoms with Gasteiger partial charge in [-0.1, -0.05) is 6.07 Å². The summed E-state index contributed by atoms with van der Waals surface area (Å²) in [5.74, 6) is -1.58. The first kappa shape index (κ1) is 12.0. The Morgan fingerprint density at radius 3 is 2.81 bits per heavy atom. The molecule has 0 aromatic heterocycles. The smallest absolute Gasteiger partial charge is 0.173 e. The van der Waals surface area contributed by atoms with Crippen molar-refractivity contribution in [2.45, 2.75) is 12.5 Å². The van der Waals surface area contributed by atoms with E-state index >= 15 is 0 Å². The van der Waals surface area contributed by atoms with Crippen molar-refractivity contribution in [3.63, 3.8) is 0 Å². The van der Waals surface area contributed by atoms with Crippen molar-refractivity contribution in [1.82, 2.24) is 0 Å². The molecule has 0 aliphatic carbocycles.